The van der Waals surface area contributed by atoms with Gasteiger partial charge in [0.25, 0.3) is 0 Å². The zero-order valence-corrected chi connectivity index (χ0v) is 18.5. The fourth-order valence-corrected chi connectivity index (χ4v) is 7.65. The van der Waals surface area contributed by atoms with Crippen LogP contribution in [0.5, 0.6) is 0 Å². The van der Waals surface area contributed by atoms with Crippen LogP contribution in [0.25, 0.3) is 0 Å². The van der Waals surface area contributed by atoms with Gasteiger partial charge in [0.05, 0.1) is 13.0 Å². The molecule has 30 heavy (non-hydrogen) atoms. The molecule has 0 unspecified atom stereocenters. The molecule has 5 heteroatoms. The Morgan fingerprint density at radius 3 is 2.53 bits per heavy atom. The first-order valence-corrected chi connectivity index (χ1v) is 11.7. The van der Waals surface area contributed by atoms with Crippen molar-refractivity contribution in [1.29, 1.82) is 0 Å². The number of fused-ring (bicyclic) bond motifs is 5. The largest absolute Gasteiger partial charge is 0.460 e. The molecule has 0 spiro atoms. The van der Waals surface area contributed by atoms with Crippen molar-refractivity contribution in [1.82, 2.24) is 0 Å². The van der Waals surface area contributed by atoms with Crippen molar-refractivity contribution >= 4 is 23.3 Å². The molecule has 4 aliphatic rings. The Bertz CT molecular complexity index is 810. The van der Waals surface area contributed by atoms with E-state index in [1.807, 2.05) is 6.08 Å². The predicted molar refractivity (Wildman–Crippen MR) is 111 cm³/mol. The number of carbonyl (C=O) groups excluding carboxylic acids is 4. The van der Waals surface area contributed by atoms with Crippen molar-refractivity contribution in [3.63, 3.8) is 0 Å². The quantitative estimate of drug-likeness (QED) is 0.382. The minimum absolute atomic E-state index is 0.0811. The number of esters is 1. The molecule has 0 aromatic carbocycles. The lowest BCUT2D eigenvalue weighted by Gasteiger charge is -2.58. The zero-order valence-electron chi connectivity index (χ0n) is 18.5. The van der Waals surface area contributed by atoms with Gasteiger partial charge in [-0.25, -0.2) is 4.79 Å². The van der Waals surface area contributed by atoms with Gasteiger partial charge in [-0.05, 0) is 86.5 Å². The summed E-state index contributed by atoms with van der Waals surface area (Å²) in [4.78, 5) is 48.8. The number of carbonyl (C=O) groups is 4. The fourth-order valence-electron chi connectivity index (χ4n) is 7.65. The molecule has 0 N–H and O–H groups in total. The molecule has 4 aliphatic carbocycles. The maximum atomic E-state index is 13.0. The van der Waals surface area contributed by atoms with Crippen LogP contribution < -0.4 is 0 Å². The lowest BCUT2D eigenvalue weighted by molar-refractivity contribution is -0.155. The number of ketones is 3. The van der Waals surface area contributed by atoms with Gasteiger partial charge >= 0.3 is 5.97 Å². The van der Waals surface area contributed by atoms with E-state index >= 15 is 0 Å². The van der Waals surface area contributed by atoms with Gasteiger partial charge in [0.15, 0.2) is 5.78 Å². The number of hydrogen-bond donors (Lipinski definition) is 0. The zero-order chi connectivity index (χ0) is 21.7. The van der Waals surface area contributed by atoms with Crippen LogP contribution in [0.4, 0.5) is 0 Å². The van der Waals surface area contributed by atoms with Gasteiger partial charge in [-0.2, -0.15) is 0 Å². The summed E-state index contributed by atoms with van der Waals surface area (Å²) in [5.74, 6) is 0.103. The van der Waals surface area contributed by atoms with Gasteiger partial charge in [0.2, 0.25) is 5.78 Å². The number of ether oxygens (including phenoxy) is 1. The van der Waals surface area contributed by atoms with Crippen molar-refractivity contribution in [2.75, 3.05) is 6.61 Å². The smallest absolute Gasteiger partial charge is 0.375 e. The lowest BCUT2D eigenvalue weighted by Crippen LogP contribution is -2.51. The van der Waals surface area contributed by atoms with E-state index in [1.54, 1.807) is 6.92 Å². The lowest BCUT2D eigenvalue weighted by atomic mass is 9.46. The van der Waals surface area contributed by atoms with Crippen LogP contribution in [0, 0.1) is 34.5 Å². The number of rotatable bonds is 5. The summed E-state index contributed by atoms with van der Waals surface area (Å²) in [6.07, 6.45) is 9.21. The molecular weight excluding hydrogens is 380 g/mol. The van der Waals surface area contributed by atoms with E-state index in [0.717, 1.165) is 44.9 Å². The van der Waals surface area contributed by atoms with Gasteiger partial charge in [-0.1, -0.05) is 19.4 Å². The molecule has 6 atom stereocenters. The Morgan fingerprint density at radius 2 is 1.80 bits per heavy atom. The first-order chi connectivity index (χ1) is 14.2. The first kappa shape index (κ1) is 21.5. The van der Waals surface area contributed by atoms with Crippen molar-refractivity contribution in [2.24, 2.45) is 34.5 Å². The summed E-state index contributed by atoms with van der Waals surface area (Å²) in [7, 11) is 0. The number of hydrogen-bond acceptors (Lipinski definition) is 5. The summed E-state index contributed by atoms with van der Waals surface area (Å²) in [6, 6.07) is 0. The van der Waals surface area contributed by atoms with Gasteiger partial charge in [-0.3, -0.25) is 14.4 Å². The highest BCUT2D eigenvalue weighted by Gasteiger charge is 2.60. The third-order valence-electron chi connectivity index (χ3n) is 9.19. The Kier molecular flexibility index (Phi) is 5.52. The van der Waals surface area contributed by atoms with Crippen LogP contribution >= 0.6 is 0 Å². The van der Waals surface area contributed by atoms with Crippen molar-refractivity contribution < 1.29 is 23.9 Å². The normalized spacial score (nSPS) is 40.0. The molecule has 3 saturated carbocycles. The Balaban J connectivity index is 1.51. The standard InChI is InChI=1S/C25H34O5/c1-4-30-23(29)22(28)14-21(27)20-8-7-18-17-6-5-15-13-16(26)9-11-24(15,2)19(17)10-12-25(18,20)3/h13,17-20H,4-12,14H2,1-3H3/t17-,18-,19-,20+,24-,25-/m0/s1. The number of Topliss-reactive ketones (excluding diaryl/α,β-unsaturated/α-hetero) is 2. The molecule has 0 aromatic rings. The second-order valence-corrected chi connectivity index (χ2v) is 10.4. The van der Waals surface area contributed by atoms with E-state index in [1.165, 1.54) is 5.57 Å². The molecule has 0 amide bonds. The maximum Gasteiger partial charge on any atom is 0.375 e. The summed E-state index contributed by atoms with van der Waals surface area (Å²) in [5.41, 5.74) is 1.39. The molecule has 0 radical (unpaired) electrons. The molecule has 0 aliphatic heterocycles. The first-order valence-electron chi connectivity index (χ1n) is 11.7. The highest BCUT2D eigenvalue weighted by atomic mass is 16.5. The summed E-state index contributed by atoms with van der Waals surface area (Å²) in [5, 5.41) is 0. The predicted octanol–water partition coefficient (Wildman–Crippen LogP) is 4.23. The number of allylic oxidation sites excluding steroid dienone is 1. The highest BCUT2D eigenvalue weighted by molar-refractivity contribution is 6.37. The van der Waals surface area contributed by atoms with E-state index in [0.29, 0.717) is 24.2 Å². The fraction of sp³-hybridized carbons (Fsp3) is 0.760. The van der Waals surface area contributed by atoms with Crippen LogP contribution in [-0.2, 0) is 23.9 Å². The van der Waals surface area contributed by atoms with E-state index in [-0.39, 0.29) is 41.3 Å². The molecule has 0 saturated heterocycles. The summed E-state index contributed by atoms with van der Waals surface area (Å²) >= 11 is 0. The van der Waals surface area contributed by atoms with Crippen molar-refractivity contribution in [3.05, 3.63) is 11.6 Å². The highest BCUT2D eigenvalue weighted by Crippen LogP contribution is 2.66. The van der Waals surface area contributed by atoms with Crippen molar-refractivity contribution in [3.8, 4) is 0 Å². The third kappa shape index (κ3) is 3.29. The van der Waals surface area contributed by atoms with Crippen LogP contribution in [0.2, 0.25) is 0 Å². The second-order valence-electron chi connectivity index (χ2n) is 10.4. The molecule has 164 valence electrons. The average molecular weight is 415 g/mol. The molecule has 3 fully saturated rings. The second kappa shape index (κ2) is 7.72. The Morgan fingerprint density at radius 1 is 1.03 bits per heavy atom. The van der Waals surface area contributed by atoms with Gasteiger partial charge in [-0.15, -0.1) is 0 Å². The van der Waals surface area contributed by atoms with Gasteiger partial charge < -0.3 is 4.74 Å². The monoisotopic (exact) mass is 414 g/mol. The molecule has 0 heterocycles. The van der Waals surface area contributed by atoms with Crippen LogP contribution in [0.3, 0.4) is 0 Å². The van der Waals surface area contributed by atoms with Crippen LogP contribution in [0.15, 0.2) is 11.6 Å². The summed E-state index contributed by atoms with van der Waals surface area (Å²) in [6.45, 7) is 6.41. The van der Waals surface area contributed by atoms with Crippen LogP contribution in [0.1, 0.15) is 78.6 Å². The van der Waals surface area contributed by atoms with E-state index in [4.69, 9.17) is 4.74 Å². The molecule has 0 aromatic heterocycles. The molecule has 4 rings (SSSR count). The average Bonchev–Trinajstić information content (AvgIpc) is 3.06. The minimum Gasteiger partial charge on any atom is -0.460 e. The molecule has 0 bridgehead atoms. The summed E-state index contributed by atoms with van der Waals surface area (Å²) < 4.78 is 4.77. The Labute approximate surface area is 179 Å². The van der Waals surface area contributed by atoms with E-state index in [2.05, 4.69) is 13.8 Å². The molecule has 5 nitrogen and oxygen atoms in total. The van der Waals surface area contributed by atoms with Crippen LogP contribution in [-0.4, -0.2) is 29.9 Å². The van der Waals surface area contributed by atoms with E-state index < -0.39 is 11.8 Å². The van der Waals surface area contributed by atoms with E-state index in [9.17, 15) is 19.2 Å². The van der Waals surface area contributed by atoms with Crippen molar-refractivity contribution in [2.45, 2.75) is 78.6 Å². The third-order valence-corrected chi connectivity index (χ3v) is 9.19. The topological polar surface area (TPSA) is 77.5 Å². The van der Waals surface area contributed by atoms with Gasteiger partial charge in [0.1, 0.15) is 5.78 Å². The SMILES string of the molecule is CCOC(=O)C(=O)CC(=O)[C@H]1CC[C@H]2[C@@H]3CCC4=CC(=O)CC[C@]4(C)[C@H]3CC[C@]12C. The molecular formula is C25H34O5. The van der Waals surface area contributed by atoms with Gasteiger partial charge in [0, 0.05) is 12.3 Å². The Hall–Kier alpha value is -1.78. The maximum absolute atomic E-state index is 13.0. The minimum atomic E-state index is -0.888.